The van der Waals surface area contributed by atoms with Crippen LogP contribution in [0.15, 0.2) is 40.8 Å². The summed E-state index contributed by atoms with van der Waals surface area (Å²) in [6.45, 7) is 5.93. The number of sulfonamides is 1. The van der Waals surface area contributed by atoms with Gasteiger partial charge in [0, 0.05) is 13.1 Å². The lowest BCUT2D eigenvalue weighted by atomic mass is 10.1. The molecule has 1 aliphatic heterocycles. The summed E-state index contributed by atoms with van der Waals surface area (Å²) in [5.41, 5.74) is 1.12. The van der Waals surface area contributed by atoms with Gasteiger partial charge in [0.15, 0.2) is 0 Å². The highest BCUT2D eigenvalue weighted by Gasteiger charge is 2.15. The second-order valence-corrected chi connectivity index (χ2v) is 7.05. The second kappa shape index (κ2) is 8.53. The maximum atomic E-state index is 12.2. The zero-order valence-corrected chi connectivity index (χ0v) is 14.5. The van der Waals surface area contributed by atoms with Gasteiger partial charge in [-0.2, -0.15) is 0 Å². The molecule has 1 aromatic carbocycles. The molecule has 0 aromatic heterocycles. The standard InChI is InChI=1S/C15H22N2O3S.ClH/c1-12(2)20-14-3-5-15(6-4-14)21(18,19)17-11-13-7-9-16-10-8-13;/h3-7,12,16-17H,8-11H2,1-2H3;1H. The van der Waals surface area contributed by atoms with Crippen molar-refractivity contribution in [2.45, 2.75) is 31.3 Å². The number of hydrogen-bond donors (Lipinski definition) is 2. The topological polar surface area (TPSA) is 67.4 Å². The van der Waals surface area contributed by atoms with E-state index in [1.807, 2.05) is 19.9 Å². The molecule has 0 saturated carbocycles. The predicted molar refractivity (Wildman–Crippen MR) is 90.2 cm³/mol. The Labute approximate surface area is 138 Å². The Morgan fingerprint density at radius 1 is 1.27 bits per heavy atom. The average molecular weight is 347 g/mol. The van der Waals surface area contributed by atoms with Gasteiger partial charge in [0.25, 0.3) is 0 Å². The summed E-state index contributed by atoms with van der Waals surface area (Å²) in [4.78, 5) is 0.258. The van der Waals surface area contributed by atoms with Gasteiger partial charge >= 0.3 is 0 Å². The third-order valence-electron chi connectivity index (χ3n) is 3.15. The van der Waals surface area contributed by atoms with E-state index in [0.29, 0.717) is 12.3 Å². The van der Waals surface area contributed by atoms with Crippen LogP contribution in [0.1, 0.15) is 20.3 Å². The molecule has 124 valence electrons. The number of ether oxygens (including phenoxy) is 1. The van der Waals surface area contributed by atoms with Gasteiger partial charge < -0.3 is 10.1 Å². The van der Waals surface area contributed by atoms with Crippen LogP contribution in [0.2, 0.25) is 0 Å². The third-order valence-corrected chi connectivity index (χ3v) is 4.57. The average Bonchev–Trinajstić information content (AvgIpc) is 2.46. The van der Waals surface area contributed by atoms with Gasteiger partial charge in [0.05, 0.1) is 11.0 Å². The lowest BCUT2D eigenvalue weighted by Crippen LogP contribution is -2.29. The molecule has 0 saturated heterocycles. The molecule has 1 aliphatic rings. The van der Waals surface area contributed by atoms with E-state index in [1.54, 1.807) is 24.3 Å². The molecule has 0 bridgehead atoms. The van der Waals surface area contributed by atoms with Crippen LogP contribution >= 0.6 is 12.4 Å². The van der Waals surface area contributed by atoms with E-state index in [9.17, 15) is 8.42 Å². The van der Waals surface area contributed by atoms with E-state index < -0.39 is 10.0 Å². The monoisotopic (exact) mass is 346 g/mol. The van der Waals surface area contributed by atoms with Gasteiger partial charge in [-0.15, -0.1) is 12.4 Å². The van der Waals surface area contributed by atoms with Gasteiger partial charge in [0.2, 0.25) is 10.0 Å². The molecule has 0 aliphatic carbocycles. The Morgan fingerprint density at radius 3 is 2.50 bits per heavy atom. The molecule has 2 N–H and O–H groups in total. The Balaban J connectivity index is 0.00000242. The molecule has 5 nitrogen and oxygen atoms in total. The van der Waals surface area contributed by atoms with Crippen LogP contribution in [0.3, 0.4) is 0 Å². The van der Waals surface area contributed by atoms with Gasteiger partial charge in [0.1, 0.15) is 5.75 Å². The van der Waals surface area contributed by atoms with Crippen molar-refractivity contribution in [2.75, 3.05) is 19.6 Å². The Kier molecular flexibility index (Phi) is 7.35. The van der Waals surface area contributed by atoms with Gasteiger partial charge in [-0.3, -0.25) is 0 Å². The Bertz CT molecular complexity index is 598. The largest absolute Gasteiger partial charge is 0.491 e. The van der Waals surface area contributed by atoms with Crippen LogP contribution < -0.4 is 14.8 Å². The second-order valence-electron chi connectivity index (χ2n) is 5.28. The van der Waals surface area contributed by atoms with Crippen LogP contribution in [-0.4, -0.2) is 34.2 Å². The van der Waals surface area contributed by atoms with Gasteiger partial charge in [-0.05, 0) is 51.1 Å². The van der Waals surface area contributed by atoms with Crippen molar-refractivity contribution in [3.63, 3.8) is 0 Å². The minimum absolute atomic E-state index is 0. The highest BCUT2D eigenvalue weighted by Crippen LogP contribution is 2.17. The van der Waals surface area contributed by atoms with Crippen LogP contribution in [-0.2, 0) is 10.0 Å². The zero-order valence-electron chi connectivity index (χ0n) is 12.8. The molecule has 22 heavy (non-hydrogen) atoms. The summed E-state index contributed by atoms with van der Waals surface area (Å²) in [7, 11) is -3.47. The van der Waals surface area contributed by atoms with Crippen molar-refractivity contribution in [3.05, 3.63) is 35.9 Å². The summed E-state index contributed by atoms with van der Waals surface area (Å²) >= 11 is 0. The first-order chi connectivity index (χ1) is 9.97. The van der Waals surface area contributed by atoms with Crippen molar-refractivity contribution in [1.29, 1.82) is 0 Å². The van der Waals surface area contributed by atoms with Crippen molar-refractivity contribution in [3.8, 4) is 5.75 Å². The predicted octanol–water partition coefficient (Wildman–Crippen LogP) is 2.09. The molecule has 7 heteroatoms. The minimum Gasteiger partial charge on any atom is -0.491 e. The number of hydrogen-bond acceptors (Lipinski definition) is 4. The van der Waals surface area contributed by atoms with E-state index in [4.69, 9.17) is 4.74 Å². The third kappa shape index (κ3) is 5.61. The molecular weight excluding hydrogens is 324 g/mol. The molecular formula is C15H23ClN2O3S. The highest BCUT2D eigenvalue weighted by atomic mass is 35.5. The molecule has 0 radical (unpaired) electrons. The minimum atomic E-state index is -3.47. The number of rotatable bonds is 6. The molecule has 2 rings (SSSR count). The molecule has 0 amide bonds. The first-order valence-corrected chi connectivity index (χ1v) is 8.61. The molecule has 0 fully saturated rings. The first-order valence-electron chi connectivity index (χ1n) is 7.12. The number of nitrogens with one attached hydrogen (secondary N) is 2. The fraction of sp³-hybridized carbons (Fsp3) is 0.467. The maximum absolute atomic E-state index is 12.2. The van der Waals surface area contributed by atoms with E-state index in [2.05, 4.69) is 10.0 Å². The molecule has 1 aromatic rings. The van der Waals surface area contributed by atoms with E-state index >= 15 is 0 Å². The summed E-state index contributed by atoms with van der Waals surface area (Å²) < 4.78 is 32.6. The quantitative estimate of drug-likeness (QED) is 0.774. The van der Waals surface area contributed by atoms with Crippen molar-refractivity contribution in [2.24, 2.45) is 0 Å². The molecule has 0 unspecified atom stereocenters. The van der Waals surface area contributed by atoms with E-state index in [-0.39, 0.29) is 23.4 Å². The normalized spacial score (nSPS) is 15.1. The zero-order chi connectivity index (χ0) is 15.3. The Morgan fingerprint density at radius 2 is 1.95 bits per heavy atom. The lowest BCUT2D eigenvalue weighted by Gasteiger charge is -2.15. The highest BCUT2D eigenvalue weighted by molar-refractivity contribution is 7.89. The SMILES string of the molecule is CC(C)Oc1ccc(S(=O)(=O)NCC2=CCNCC2)cc1.Cl. The summed E-state index contributed by atoms with van der Waals surface area (Å²) in [5.74, 6) is 0.671. The molecule has 1 heterocycles. The van der Waals surface area contributed by atoms with Crippen LogP contribution in [0.5, 0.6) is 5.75 Å². The van der Waals surface area contributed by atoms with Gasteiger partial charge in [-0.25, -0.2) is 13.1 Å². The smallest absolute Gasteiger partial charge is 0.240 e. The summed E-state index contributed by atoms with van der Waals surface area (Å²) in [6, 6.07) is 6.49. The summed E-state index contributed by atoms with van der Waals surface area (Å²) in [6.07, 6.45) is 2.98. The van der Waals surface area contributed by atoms with E-state index in [0.717, 1.165) is 25.1 Å². The van der Waals surface area contributed by atoms with Crippen molar-refractivity contribution < 1.29 is 13.2 Å². The van der Waals surface area contributed by atoms with E-state index in [1.165, 1.54) is 0 Å². The number of halogens is 1. The Hall–Kier alpha value is -1.08. The van der Waals surface area contributed by atoms with Crippen LogP contribution in [0.4, 0.5) is 0 Å². The lowest BCUT2D eigenvalue weighted by molar-refractivity contribution is 0.242. The summed E-state index contributed by atoms with van der Waals surface area (Å²) in [5, 5.41) is 3.20. The van der Waals surface area contributed by atoms with Crippen LogP contribution in [0, 0.1) is 0 Å². The maximum Gasteiger partial charge on any atom is 0.240 e. The van der Waals surface area contributed by atoms with Crippen molar-refractivity contribution in [1.82, 2.24) is 10.0 Å². The van der Waals surface area contributed by atoms with Crippen LogP contribution in [0.25, 0.3) is 0 Å². The molecule has 0 atom stereocenters. The fourth-order valence-corrected chi connectivity index (χ4v) is 3.11. The first kappa shape index (κ1) is 19.0. The fourth-order valence-electron chi connectivity index (χ4n) is 2.07. The molecule has 0 spiro atoms. The van der Waals surface area contributed by atoms with Crippen molar-refractivity contribution >= 4 is 22.4 Å². The number of benzene rings is 1. The van der Waals surface area contributed by atoms with Gasteiger partial charge in [-0.1, -0.05) is 11.6 Å².